The van der Waals surface area contributed by atoms with Crippen molar-refractivity contribution in [3.05, 3.63) is 0 Å². The van der Waals surface area contributed by atoms with Crippen molar-refractivity contribution in [3.8, 4) is 0 Å². The fourth-order valence-electron chi connectivity index (χ4n) is 3.37. The number of fused-ring (bicyclic) bond motifs is 1. The van der Waals surface area contributed by atoms with Crippen LogP contribution in [0.5, 0.6) is 0 Å². The van der Waals surface area contributed by atoms with Crippen LogP contribution in [0.15, 0.2) is 0 Å². The second-order valence-electron chi connectivity index (χ2n) is 6.79. The molecule has 1 aliphatic carbocycles. The van der Waals surface area contributed by atoms with Gasteiger partial charge in [0.2, 0.25) is 11.8 Å². The summed E-state index contributed by atoms with van der Waals surface area (Å²) in [4.78, 5) is 23.9. The van der Waals surface area contributed by atoms with Gasteiger partial charge in [-0.1, -0.05) is 12.8 Å². The number of rotatable bonds is 4. The van der Waals surface area contributed by atoms with Gasteiger partial charge in [0.25, 0.3) is 0 Å². The van der Waals surface area contributed by atoms with Gasteiger partial charge in [-0.15, -0.1) is 12.4 Å². The van der Waals surface area contributed by atoms with E-state index in [1.807, 2.05) is 13.8 Å². The van der Waals surface area contributed by atoms with E-state index in [9.17, 15) is 9.59 Å². The molecule has 2 rings (SSSR count). The maximum atomic E-state index is 12.2. The van der Waals surface area contributed by atoms with E-state index in [1.54, 1.807) is 7.05 Å². The maximum absolute atomic E-state index is 12.2. The fraction of sp³-hybridized carbons (Fsp3) is 0.867. The van der Waals surface area contributed by atoms with Gasteiger partial charge < -0.3 is 16.0 Å². The van der Waals surface area contributed by atoms with Crippen LogP contribution in [0.2, 0.25) is 0 Å². The fourth-order valence-corrected chi connectivity index (χ4v) is 3.37. The first-order valence-electron chi connectivity index (χ1n) is 7.70. The quantitative estimate of drug-likeness (QED) is 0.730. The van der Waals surface area contributed by atoms with E-state index in [0.717, 1.165) is 6.42 Å². The number of hydrogen-bond donors (Lipinski definition) is 3. The van der Waals surface area contributed by atoms with Gasteiger partial charge >= 0.3 is 0 Å². The highest BCUT2D eigenvalue weighted by Crippen LogP contribution is 2.33. The number of carbonyl (C=O) groups is 2. The predicted octanol–water partition coefficient (Wildman–Crippen LogP) is 1.22. The lowest BCUT2D eigenvalue weighted by Gasteiger charge is -2.24. The first-order chi connectivity index (χ1) is 9.44. The lowest BCUT2D eigenvalue weighted by atomic mass is 9.85. The average Bonchev–Trinajstić information content (AvgIpc) is 2.87. The zero-order chi connectivity index (χ0) is 14.8. The van der Waals surface area contributed by atoms with Crippen LogP contribution in [0.1, 0.15) is 46.0 Å². The molecule has 6 heteroatoms. The van der Waals surface area contributed by atoms with Crippen LogP contribution in [-0.2, 0) is 9.59 Å². The Labute approximate surface area is 133 Å². The first kappa shape index (κ1) is 18.2. The van der Waals surface area contributed by atoms with Crippen LogP contribution in [0, 0.1) is 11.3 Å². The summed E-state index contributed by atoms with van der Waals surface area (Å²) in [5, 5.41) is 9.02. The minimum Gasteiger partial charge on any atom is -0.359 e. The molecule has 3 N–H and O–H groups in total. The predicted molar refractivity (Wildman–Crippen MR) is 85.4 cm³/mol. The van der Waals surface area contributed by atoms with Crippen molar-refractivity contribution < 1.29 is 9.59 Å². The van der Waals surface area contributed by atoms with Crippen molar-refractivity contribution in [1.29, 1.82) is 0 Å². The minimum absolute atomic E-state index is 0. The highest BCUT2D eigenvalue weighted by Gasteiger charge is 2.38. The number of nitrogens with one attached hydrogen (secondary N) is 3. The minimum atomic E-state index is -0.574. The second-order valence-corrected chi connectivity index (χ2v) is 6.79. The Hall–Kier alpha value is -0.810. The Kier molecular flexibility index (Phi) is 6.47. The van der Waals surface area contributed by atoms with Gasteiger partial charge in [0, 0.05) is 19.6 Å². The van der Waals surface area contributed by atoms with Crippen molar-refractivity contribution in [2.45, 2.75) is 58.0 Å². The van der Waals surface area contributed by atoms with Gasteiger partial charge in [-0.2, -0.15) is 0 Å². The molecule has 0 aromatic heterocycles. The van der Waals surface area contributed by atoms with Gasteiger partial charge in [0.1, 0.15) is 0 Å². The third kappa shape index (κ3) is 4.33. The molecule has 21 heavy (non-hydrogen) atoms. The second kappa shape index (κ2) is 7.45. The maximum Gasteiger partial charge on any atom is 0.237 e. The van der Waals surface area contributed by atoms with Gasteiger partial charge in [-0.05, 0) is 39.0 Å². The molecule has 1 heterocycles. The van der Waals surface area contributed by atoms with Crippen molar-refractivity contribution in [2.24, 2.45) is 11.3 Å². The molecule has 2 aliphatic rings. The highest BCUT2D eigenvalue weighted by molar-refractivity contribution is 5.85. The number of amides is 2. The number of halogens is 1. The third-order valence-electron chi connectivity index (χ3n) is 4.73. The normalized spacial score (nSPS) is 28.2. The molecule has 0 aromatic carbocycles. The molecular weight excluding hydrogens is 290 g/mol. The van der Waals surface area contributed by atoms with Crippen LogP contribution in [0.25, 0.3) is 0 Å². The monoisotopic (exact) mass is 317 g/mol. The lowest BCUT2D eigenvalue weighted by molar-refractivity contribution is -0.129. The first-order valence-corrected chi connectivity index (χ1v) is 7.70. The van der Waals surface area contributed by atoms with E-state index in [4.69, 9.17) is 0 Å². The van der Waals surface area contributed by atoms with E-state index >= 15 is 0 Å². The van der Waals surface area contributed by atoms with E-state index in [0.29, 0.717) is 18.5 Å². The molecule has 0 aromatic rings. The summed E-state index contributed by atoms with van der Waals surface area (Å²) in [6.45, 7) is 4.06. The van der Waals surface area contributed by atoms with Gasteiger partial charge in [-0.25, -0.2) is 0 Å². The Morgan fingerprint density at radius 3 is 2.52 bits per heavy atom. The third-order valence-corrected chi connectivity index (χ3v) is 4.73. The highest BCUT2D eigenvalue weighted by atomic mass is 35.5. The Morgan fingerprint density at radius 2 is 1.90 bits per heavy atom. The van der Waals surface area contributed by atoms with Gasteiger partial charge in [-0.3, -0.25) is 9.59 Å². The summed E-state index contributed by atoms with van der Waals surface area (Å²) in [6, 6.07) is 0.440. The zero-order valence-corrected chi connectivity index (χ0v) is 14.0. The Bertz CT molecular complexity index is 373. The van der Waals surface area contributed by atoms with Crippen LogP contribution >= 0.6 is 12.4 Å². The van der Waals surface area contributed by atoms with Crippen LogP contribution in [0.3, 0.4) is 0 Å². The van der Waals surface area contributed by atoms with E-state index in [2.05, 4.69) is 16.0 Å². The number of hydrogen-bond acceptors (Lipinski definition) is 3. The Morgan fingerprint density at radius 1 is 1.24 bits per heavy atom. The molecule has 122 valence electrons. The molecule has 1 saturated heterocycles. The molecule has 1 saturated carbocycles. The molecule has 3 unspecified atom stereocenters. The summed E-state index contributed by atoms with van der Waals surface area (Å²) < 4.78 is 0. The van der Waals surface area contributed by atoms with Crippen molar-refractivity contribution >= 4 is 24.2 Å². The molecule has 0 bridgehead atoms. The van der Waals surface area contributed by atoms with Crippen LogP contribution < -0.4 is 16.0 Å². The summed E-state index contributed by atoms with van der Waals surface area (Å²) in [5.41, 5.74) is -0.574. The molecule has 2 fully saturated rings. The van der Waals surface area contributed by atoms with Gasteiger partial charge in [0.05, 0.1) is 11.5 Å². The smallest absolute Gasteiger partial charge is 0.237 e. The van der Waals surface area contributed by atoms with Crippen molar-refractivity contribution in [1.82, 2.24) is 16.0 Å². The van der Waals surface area contributed by atoms with E-state index < -0.39 is 5.41 Å². The average molecular weight is 318 g/mol. The molecule has 3 atom stereocenters. The van der Waals surface area contributed by atoms with Crippen molar-refractivity contribution in [2.75, 3.05) is 13.6 Å². The SMILES string of the molecule is CNC(=O)C(C)(C)CNC(=O)C1CC2CCCCC2N1.Cl. The molecular formula is C15H28ClN3O2. The molecule has 0 radical (unpaired) electrons. The van der Waals surface area contributed by atoms with E-state index in [-0.39, 0.29) is 30.3 Å². The largest absolute Gasteiger partial charge is 0.359 e. The van der Waals surface area contributed by atoms with E-state index in [1.165, 1.54) is 25.7 Å². The summed E-state index contributed by atoms with van der Waals surface area (Å²) in [5.74, 6) is 0.647. The summed E-state index contributed by atoms with van der Waals surface area (Å²) in [6.07, 6.45) is 5.94. The Balaban J connectivity index is 0.00000220. The molecule has 0 spiro atoms. The summed E-state index contributed by atoms with van der Waals surface area (Å²) in [7, 11) is 1.62. The number of carbonyl (C=O) groups excluding carboxylic acids is 2. The summed E-state index contributed by atoms with van der Waals surface area (Å²) >= 11 is 0. The van der Waals surface area contributed by atoms with Crippen LogP contribution in [0.4, 0.5) is 0 Å². The topological polar surface area (TPSA) is 70.2 Å². The molecule has 5 nitrogen and oxygen atoms in total. The molecule has 1 aliphatic heterocycles. The van der Waals surface area contributed by atoms with Gasteiger partial charge in [0.15, 0.2) is 0 Å². The molecule has 2 amide bonds. The van der Waals surface area contributed by atoms with Crippen LogP contribution in [-0.4, -0.2) is 37.5 Å². The standard InChI is InChI=1S/C15H27N3O2.ClH/c1-15(2,14(20)16-3)9-17-13(19)12-8-10-6-4-5-7-11(10)18-12;/h10-12,18H,4-9H2,1-3H3,(H,16,20)(H,17,19);1H. The van der Waals surface area contributed by atoms with Crippen molar-refractivity contribution in [3.63, 3.8) is 0 Å². The zero-order valence-electron chi connectivity index (χ0n) is 13.2. The lowest BCUT2D eigenvalue weighted by Crippen LogP contribution is -2.48.